The monoisotopic (exact) mass is 373 g/mol. The molecule has 8 heteroatoms. The number of nitriles is 1. The van der Waals surface area contributed by atoms with E-state index in [9.17, 15) is 9.47 Å². The van der Waals surface area contributed by atoms with E-state index in [2.05, 4.69) is 5.10 Å². The molecule has 0 saturated carbocycles. The summed E-state index contributed by atoms with van der Waals surface area (Å²) in [4.78, 5) is 0.295. The zero-order valence-corrected chi connectivity index (χ0v) is 14.6. The largest absolute Gasteiger partial charge is 0.495 e. The van der Waals surface area contributed by atoms with Gasteiger partial charge in [-0.05, 0) is 24.3 Å². The second-order valence-corrected chi connectivity index (χ2v) is 6.41. The van der Waals surface area contributed by atoms with E-state index in [1.807, 2.05) is 6.07 Å². The fourth-order valence-electron chi connectivity index (χ4n) is 2.36. The topological polar surface area (TPSA) is 88.1 Å². The molecule has 1 atom stereocenters. The maximum atomic E-state index is 11.1. The summed E-state index contributed by atoms with van der Waals surface area (Å²) in [7, 11) is 1.52. The Morgan fingerprint density at radius 1 is 1.24 bits per heavy atom. The maximum absolute atomic E-state index is 11.1. The van der Waals surface area contributed by atoms with Crippen molar-refractivity contribution in [1.29, 1.82) is 5.26 Å². The average molecular weight is 374 g/mol. The van der Waals surface area contributed by atoms with E-state index in [4.69, 9.17) is 20.9 Å². The second kappa shape index (κ2) is 7.07. The lowest BCUT2D eigenvalue weighted by Crippen LogP contribution is -2.00. The van der Waals surface area contributed by atoms with Crippen LogP contribution in [0.3, 0.4) is 0 Å². The standard InChI is InChI=1S/C17H12ClN3O3S/c1-24-17-9-13(4-7-15(17)18)21-16(8-12(10-19)20-21)11-2-5-14(6-3-11)25(22)23/h2-9H,1H3,(H,22,23). The number of methoxy groups -OCH3 is 1. The number of aromatic nitrogens is 2. The van der Waals surface area contributed by atoms with Crippen LogP contribution in [-0.4, -0.2) is 25.7 Å². The van der Waals surface area contributed by atoms with Crippen LogP contribution in [-0.2, 0) is 11.1 Å². The van der Waals surface area contributed by atoms with Crippen LogP contribution in [0.5, 0.6) is 5.75 Å². The molecule has 1 aromatic heterocycles. The van der Waals surface area contributed by atoms with Gasteiger partial charge in [0.05, 0.1) is 28.4 Å². The molecular formula is C17H12ClN3O3S. The van der Waals surface area contributed by atoms with Gasteiger partial charge < -0.3 is 9.29 Å². The first kappa shape index (κ1) is 17.2. The van der Waals surface area contributed by atoms with Crippen molar-refractivity contribution in [2.75, 3.05) is 7.11 Å². The summed E-state index contributed by atoms with van der Waals surface area (Å²) in [6.45, 7) is 0. The second-order valence-electron chi connectivity index (χ2n) is 5.03. The maximum Gasteiger partial charge on any atom is 0.186 e. The third-order valence-corrected chi connectivity index (χ3v) is 4.54. The number of hydrogen-bond acceptors (Lipinski definition) is 4. The molecule has 0 saturated heterocycles. The van der Waals surface area contributed by atoms with E-state index in [0.29, 0.717) is 27.0 Å². The molecule has 0 amide bonds. The van der Waals surface area contributed by atoms with Crippen molar-refractivity contribution < 1.29 is 13.5 Å². The molecule has 1 N–H and O–H groups in total. The summed E-state index contributed by atoms with van der Waals surface area (Å²) >= 11 is 4.02. The third kappa shape index (κ3) is 3.42. The molecular weight excluding hydrogens is 362 g/mol. The zero-order valence-electron chi connectivity index (χ0n) is 13.0. The molecule has 0 fully saturated rings. The lowest BCUT2D eigenvalue weighted by atomic mass is 10.1. The molecule has 3 rings (SSSR count). The van der Waals surface area contributed by atoms with Gasteiger partial charge in [0, 0.05) is 17.7 Å². The highest BCUT2D eigenvalue weighted by Gasteiger charge is 2.14. The highest BCUT2D eigenvalue weighted by atomic mass is 35.5. The molecule has 0 aliphatic rings. The predicted molar refractivity (Wildman–Crippen MR) is 94.3 cm³/mol. The van der Waals surface area contributed by atoms with Crippen LogP contribution in [0, 0.1) is 11.3 Å². The summed E-state index contributed by atoms with van der Waals surface area (Å²) in [6, 6.07) is 15.3. The summed E-state index contributed by atoms with van der Waals surface area (Å²) in [5.41, 5.74) is 2.33. The molecule has 0 aliphatic carbocycles. The first-order valence-corrected chi connectivity index (χ1v) is 8.57. The van der Waals surface area contributed by atoms with Gasteiger partial charge in [-0.3, -0.25) is 0 Å². The van der Waals surface area contributed by atoms with Gasteiger partial charge in [-0.15, -0.1) is 0 Å². The van der Waals surface area contributed by atoms with Gasteiger partial charge in [-0.2, -0.15) is 10.4 Å². The Hall–Kier alpha value is -2.66. The minimum atomic E-state index is -2.04. The van der Waals surface area contributed by atoms with Crippen molar-refractivity contribution in [2.24, 2.45) is 0 Å². The van der Waals surface area contributed by atoms with Gasteiger partial charge in [-0.25, -0.2) is 8.89 Å². The fourth-order valence-corrected chi connectivity index (χ4v) is 2.92. The minimum Gasteiger partial charge on any atom is -0.495 e. The summed E-state index contributed by atoms with van der Waals surface area (Å²) in [6.07, 6.45) is 0. The van der Waals surface area contributed by atoms with Gasteiger partial charge >= 0.3 is 0 Å². The quantitative estimate of drug-likeness (QED) is 0.705. The smallest absolute Gasteiger partial charge is 0.186 e. The Balaban J connectivity index is 2.14. The number of rotatable bonds is 4. The van der Waals surface area contributed by atoms with Crippen LogP contribution in [0.1, 0.15) is 5.69 Å². The normalized spacial score (nSPS) is 11.8. The van der Waals surface area contributed by atoms with Gasteiger partial charge in [0.2, 0.25) is 0 Å². The molecule has 0 bridgehead atoms. The van der Waals surface area contributed by atoms with Crippen molar-refractivity contribution in [3.8, 4) is 28.8 Å². The van der Waals surface area contributed by atoms with E-state index < -0.39 is 11.1 Å². The van der Waals surface area contributed by atoms with Gasteiger partial charge in [0.25, 0.3) is 0 Å². The number of ether oxygens (including phenoxy) is 1. The lowest BCUT2D eigenvalue weighted by Gasteiger charge is -2.10. The molecule has 6 nitrogen and oxygen atoms in total. The predicted octanol–water partition coefficient (Wildman–Crippen LogP) is 3.65. The SMILES string of the molecule is COc1cc(-n2nc(C#N)cc2-c2ccc(S(=O)O)cc2)ccc1Cl. The van der Waals surface area contributed by atoms with Gasteiger partial charge in [0.1, 0.15) is 11.8 Å². The van der Waals surface area contributed by atoms with Crippen LogP contribution >= 0.6 is 11.6 Å². The van der Waals surface area contributed by atoms with Crippen molar-refractivity contribution in [3.05, 3.63) is 59.2 Å². The number of halogens is 1. The number of benzene rings is 2. The highest BCUT2D eigenvalue weighted by molar-refractivity contribution is 7.79. The highest BCUT2D eigenvalue weighted by Crippen LogP contribution is 2.30. The molecule has 2 aromatic carbocycles. The first-order valence-electron chi connectivity index (χ1n) is 7.09. The fraction of sp³-hybridized carbons (Fsp3) is 0.0588. The number of nitrogens with zero attached hydrogens (tertiary/aromatic N) is 3. The Bertz CT molecular complexity index is 993. The minimum absolute atomic E-state index is 0.249. The van der Waals surface area contributed by atoms with Crippen LogP contribution in [0.15, 0.2) is 53.4 Å². The van der Waals surface area contributed by atoms with Crippen molar-refractivity contribution in [2.45, 2.75) is 4.90 Å². The van der Waals surface area contributed by atoms with Crippen LogP contribution in [0.25, 0.3) is 16.9 Å². The Morgan fingerprint density at radius 2 is 1.96 bits per heavy atom. The molecule has 0 aliphatic heterocycles. The van der Waals surface area contributed by atoms with Gasteiger partial charge in [-0.1, -0.05) is 23.7 Å². The molecule has 1 heterocycles. The molecule has 1 unspecified atom stereocenters. The van der Waals surface area contributed by atoms with Crippen molar-refractivity contribution >= 4 is 22.7 Å². The molecule has 3 aromatic rings. The van der Waals surface area contributed by atoms with E-state index in [0.717, 1.165) is 5.56 Å². The lowest BCUT2D eigenvalue weighted by molar-refractivity contribution is 0.414. The summed E-state index contributed by atoms with van der Waals surface area (Å²) < 4.78 is 27.1. The van der Waals surface area contributed by atoms with Crippen LogP contribution in [0.4, 0.5) is 0 Å². The molecule has 25 heavy (non-hydrogen) atoms. The van der Waals surface area contributed by atoms with Gasteiger partial charge in [0.15, 0.2) is 16.8 Å². The third-order valence-electron chi connectivity index (χ3n) is 3.55. The van der Waals surface area contributed by atoms with E-state index in [1.165, 1.54) is 7.11 Å². The Morgan fingerprint density at radius 3 is 2.56 bits per heavy atom. The Kier molecular flexibility index (Phi) is 4.86. The summed E-state index contributed by atoms with van der Waals surface area (Å²) in [5.74, 6) is 0.491. The first-order chi connectivity index (χ1) is 12.0. The zero-order chi connectivity index (χ0) is 18.0. The average Bonchev–Trinajstić information content (AvgIpc) is 3.06. The van der Waals surface area contributed by atoms with E-state index >= 15 is 0 Å². The number of hydrogen-bond donors (Lipinski definition) is 1. The summed E-state index contributed by atoms with van der Waals surface area (Å²) in [5, 5.41) is 13.9. The van der Waals surface area contributed by atoms with Crippen molar-refractivity contribution in [1.82, 2.24) is 9.78 Å². The van der Waals surface area contributed by atoms with E-state index in [-0.39, 0.29) is 5.69 Å². The molecule has 0 radical (unpaired) electrons. The Labute approximate surface area is 151 Å². The van der Waals surface area contributed by atoms with E-state index in [1.54, 1.807) is 53.2 Å². The molecule has 126 valence electrons. The van der Waals surface area contributed by atoms with Crippen LogP contribution < -0.4 is 4.74 Å². The van der Waals surface area contributed by atoms with Crippen molar-refractivity contribution in [3.63, 3.8) is 0 Å². The van der Waals surface area contributed by atoms with Crippen LogP contribution in [0.2, 0.25) is 5.02 Å². The molecule has 0 spiro atoms.